The van der Waals surface area contributed by atoms with Crippen LogP contribution in [-0.2, 0) is 23.0 Å². The average molecular weight is 506 g/mol. The maximum atomic E-state index is 13.7. The number of rotatable bonds is 7. The van der Waals surface area contributed by atoms with E-state index in [4.69, 9.17) is 4.98 Å². The number of aromatic nitrogens is 1. The normalized spacial score (nSPS) is 14.4. The molecule has 0 saturated carbocycles. The Kier molecular flexibility index (Phi) is 6.69. The van der Waals surface area contributed by atoms with Gasteiger partial charge in [-0.05, 0) is 60.7 Å². The van der Waals surface area contributed by atoms with Crippen LogP contribution in [0.5, 0.6) is 0 Å². The molecule has 8 heteroatoms. The number of aryl methyl sites for hydroxylation is 1. The monoisotopic (exact) mass is 505 g/mol. The van der Waals surface area contributed by atoms with Crippen molar-refractivity contribution < 1.29 is 13.2 Å². The van der Waals surface area contributed by atoms with Crippen molar-refractivity contribution in [1.29, 1.82) is 0 Å². The van der Waals surface area contributed by atoms with Gasteiger partial charge in [-0.1, -0.05) is 60.7 Å². The molecule has 1 saturated heterocycles. The summed E-state index contributed by atoms with van der Waals surface area (Å²) >= 11 is 1.49. The number of amides is 1. The van der Waals surface area contributed by atoms with Crippen molar-refractivity contribution in [3.63, 3.8) is 0 Å². The number of fused-ring (bicyclic) bond motifs is 1. The number of nitrogens with zero attached hydrogens (tertiary/aromatic N) is 3. The summed E-state index contributed by atoms with van der Waals surface area (Å²) in [6, 6.07) is 22.2. The molecule has 180 valence electrons. The highest BCUT2D eigenvalue weighted by atomic mass is 32.2. The Morgan fingerprint density at radius 3 is 2.37 bits per heavy atom. The van der Waals surface area contributed by atoms with E-state index in [0.29, 0.717) is 30.3 Å². The lowest BCUT2D eigenvalue weighted by Crippen LogP contribution is -2.30. The quantitative estimate of drug-likeness (QED) is 0.333. The van der Waals surface area contributed by atoms with Gasteiger partial charge in [0.2, 0.25) is 10.0 Å². The Hall–Kier alpha value is -3.07. The van der Waals surface area contributed by atoms with Gasteiger partial charge < -0.3 is 0 Å². The zero-order valence-corrected chi connectivity index (χ0v) is 21.2. The molecule has 1 amide bonds. The summed E-state index contributed by atoms with van der Waals surface area (Å²) in [6.45, 7) is 3.56. The van der Waals surface area contributed by atoms with E-state index in [9.17, 15) is 13.2 Å². The second-order valence-electron chi connectivity index (χ2n) is 8.63. The molecule has 0 aliphatic carbocycles. The van der Waals surface area contributed by atoms with E-state index < -0.39 is 10.0 Å². The molecule has 4 aromatic rings. The van der Waals surface area contributed by atoms with E-state index in [2.05, 4.69) is 13.0 Å². The number of anilines is 1. The van der Waals surface area contributed by atoms with E-state index in [0.717, 1.165) is 40.6 Å². The lowest BCUT2D eigenvalue weighted by Gasteiger charge is -2.21. The molecule has 0 N–H and O–H groups in total. The minimum absolute atomic E-state index is 0.212. The molecule has 2 heterocycles. The third-order valence-corrected chi connectivity index (χ3v) is 9.29. The first kappa shape index (κ1) is 23.7. The van der Waals surface area contributed by atoms with E-state index >= 15 is 0 Å². The van der Waals surface area contributed by atoms with E-state index in [-0.39, 0.29) is 10.8 Å². The third kappa shape index (κ3) is 4.74. The SMILES string of the molecule is CCc1cccc2sc(N(Cc3ccccc3)C(=O)c3ccc(S(=O)(=O)N4CCCC4)cc3)nc12. The van der Waals surface area contributed by atoms with Crippen molar-refractivity contribution in [2.24, 2.45) is 0 Å². The van der Waals surface area contributed by atoms with Crippen molar-refractivity contribution in [3.05, 3.63) is 89.5 Å². The molecule has 0 spiro atoms. The Bertz CT molecular complexity index is 1440. The van der Waals surface area contributed by atoms with Crippen LogP contribution in [0.2, 0.25) is 0 Å². The molecular weight excluding hydrogens is 478 g/mol. The summed E-state index contributed by atoms with van der Waals surface area (Å²) in [4.78, 5) is 20.5. The van der Waals surface area contributed by atoms with Gasteiger partial charge in [-0.15, -0.1) is 0 Å². The maximum Gasteiger partial charge on any atom is 0.260 e. The summed E-state index contributed by atoms with van der Waals surface area (Å²) in [5, 5.41) is 0.628. The van der Waals surface area contributed by atoms with Crippen LogP contribution in [0.15, 0.2) is 77.7 Å². The molecular formula is C27H27N3O3S2. The van der Waals surface area contributed by atoms with Crippen molar-refractivity contribution in [2.45, 2.75) is 37.6 Å². The molecule has 0 unspecified atom stereocenters. The van der Waals surface area contributed by atoms with Gasteiger partial charge in [-0.2, -0.15) is 4.31 Å². The van der Waals surface area contributed by atoms with Gasteiger partial charge in [0.25, 0.3) is 5.91 Å². The van der Waals surface area contributed by atoms with Crippen molar-refractivity contribution in [1.82, 2.24) is 9.29 Å². The van der Waals surface area contributed by atoms with E-state index in [1.807, 2.05) is 42.5 Å². The summed E-state index contributed by atoms with van der Waals surface area (Å²) in [5.41, 5.74) is 3.49. The number of hydrogen-bond acceptors (Lipinski definition) is 5. The number of hydrogen-bond donors (Lipinski definition) is 0. The van der Waals surface area contributed by atoms with Gasteiger partial charge in [-0.3, -0.25) is 9.69 Å². The van der Waals surface area contributed by atoms with Gasteiger partial charge >= 0.3 is 0 Å². The van der Waals surface area contributed by atoms with Crippen LogP contribution >= 0.6 is 11.3 Å². The highest BCUT2D eigenvalue weighted by Gasteiger charge is 2.28. The molecule has 35 heavy (non-hydrogen) atoms. The number of benzene rings is 3. The van der Waals surface area contributed by atoms with Gasteiger partial charge in [0.1, 0.15) is 0 Å². The minimum Gasteiger partial charge on any atom is -0.279 e. The molecule has 0 radical (unpaired) electrons. The van der Waals surface area contributed by atoms with Crippen LogP contribution in [0.25, 0.3) is 10.2 Å². The van der Waals surface area contributed by atoms with Crippen LogP contribution in [0, 0.1) is 0 Å². The predicted octanol–water partition coefficient (Wildman–Crippen LogP) is 5.49. The topological polar surface area (TPSA) is 70.6 Å². The van der Waals surface area contributed by atoms with Crippen molar-refractivity contribution >= 4 is 42.6 Å². The Morgan fingerprint density at radius 2 is 1.69 bits per heavy atom. The van der Waals surface area contributed by atoms with Crippen LogP contribution in [-0.4, -0.2) is 36.7 Å². The minimum atomic E-state index is -3.53. The zero-order valence-electron chi connectivity index (χ0n) is 19.6. The first-order valence-corrected chi connectivity index (χ1v) is 14.1. The average Bonchev–Trinajstić information content (AvgIpc) is 3.58. The molecule has 1 fully saturated rings. The zero-order chi connectivity index (χ0) is 24.4. The van der Waals surface area contributed by atoms with Gasteiger partial charge in [0.05, 0.1) is 21.7 Å². The molecule has 1 aliphatic rings. The van der Waals surface area contributed by atoms with E-state index in [1.54, 1.807) is 17.0 Å². The van der Waals surface area contributed by atoms with Crippen molar-refractivity contribution in [3.8, 4) is 0 Å². The Labute approximate surface area is 209 Å². The van der Waals surface area contributed by atoms with Crippen LogP contribution in [0.4, 0.5) is 5.13 Å². The molecule has 6 nitrogen and oxygen atoms in total. The van der Waals surface area contributed by atoms with Gasteiger partial charge in [0, 0.05) is 18.7 Å². The fourth-order valence-corrected chi connectivity index (χ4v) is 6.92. The number of carbonyl (C=O) groups is 1. The highest BCUT2D eigenvalue weighted by molar-refractivity contribution is 7.89. The molecule has 0 atom stereocenters. The summed E-state index contributed by atoms with van der Waals surface area (Å²) in [7, 11) is -3.53. The maximum absolute atomic E-state index is 13.7. The van der Waals surface area contributed by atoms with Gasteiger partial charge in [0.15, 0.2) is 5.13 Å². The summed E-state index contributed by atoms with van der Waals surface area (Å²) < 4.78 is 28.3. The fraction of sp³-hybridized carbons (Fsp3) is 0.259. The van der Waals surface area contributed by atoms with Crippen LogP contribution in [0.1, 0.15) is 41.3 Å². The number of carbonyl (C=O) groups excluding carboxylic acids is 1. The molecule has 5 rings (SSSR count). The molecule has 0 bridgehead atoms. The first-order valence-electron chi connectivity index (χ1n) is 11.8. The predicted molar refractivity (Wildman–Crippen MR) is 140 cm³/mol. The lowest BCUT2D eigenvalue weighted by molar-refractivity contribution is 0.0985. The second-order valence-corrected chi connectivity index (χ2v) is 11.6. The summed E-state index contributed by atoms with van der Waals surface area (Å²) in [5.74, 6) is -0.212. The lowest BCUT2D eigenvalue weighted by atomic mass is 10.1. The first-order chi connectivity index (χ1) is 17.0. The summed E-state index contributed by atoms with van der Waals surface area (Å²) in [6.07, 6.45) is 2.62. The smallest absolute Gasteiger partial charge is 0.260 e. The Morgan fingerprint density at radius 1 is 0.971 bits per heavy atom. The molecule has 3 aromatic carbocycles. The number of sulfonamides is 1. The number of para-hydroxylation sites is 1. The second kappa shape index (κ2) is 9.89. The molecule has 1 aromatic heterocycles. The van der Waals surface area contributed by atoms with Crippen LogP contribution in [0.3, 0.4) is 0 Å². The largest absolute Gasteiger partial charge is 0.279 e. The fourth-order valence-electron chi connectivity index (χ4n) is 4.39. The number of thiazole rings is 1. The van der Waals surface area contributed by atoms with E-state index in [1.165, 1.54) is 27.8 Å². The van der Waals surface area contributed by atoms with Crippen molar-refractivity contribution in [2.75, 3.05) is 18.0 Å². The van der Waals surface area contributed by atoms with Crippen LogP contribution < -0.4 is 4.90 Å². The van der Waals surface area contributed by atoms with Gasteiger partial charge in [-0.25, -0.2) is 13.4 Å². The standard InChI is InChI=1S/C27H27N3O3S2/c1-2-21-11-8-12-24-25(21)28-27(34-24)30(19-20-9-4-3-5-10-20)26(31)22-13-15-23(16-14-22)35(32,33)29-17-6-7-18-29/h3-5,8-16H,2,6-7,17-19H2,1H3. The highest BCUT2D eigenvalue weighted by Crippen LogP contribution is 2.33. The molecule has 1 aliphatic heterocycles. The third-order valence-electron chi connectivity index (χ3n) is 6.34. The Balaban J connectivity index is 1.50.